The monoisotopic (exact) mass is 734 g/mol. The molecule has 274 valence electrons. The number of hydrogen-bond acceptors (Lipinski definition) is 3. The smallest absolute Gasteiger partial charge is 0.151 e. The summed E-state index contributed by atoms with van der Waals surface area (Å²) in [6.45, 7) is 9.38. The van der Waals surface area contributed by atoms with Gasteiger partial charge < -0.3 is 14.5 Å². The molecule has 0 unspecified atom stereocenters. The number of fused-ring (bicyclic) bond motifs is 7. The molecule has 8 aromatic rings. The van der Waals surface area contributed by atoms with Crippen LogP contribution in [-0.4, -0.2) is 0 Å². The molecule has 3 aliphatic rings. The van der Waals surface area contributed by atoms with Crippen LogP contribution >= 0.6 is 0 Å². The van der Waals surface area contributed by atoms with Crippen molar-refractivity contribution in [3.05, 3.63) is 204 Å². The molecule has 0 saturated carbocycles. The van der Waals surface area contributed by atoms with Crippen molar-refractivity contribution in [2.24, 2.45) is 0 Å². The number of ether oxygens (including phenoxy) is 1. The molecule has 0 radical (unpaired) electrons. The van der Waals surface area contributed by atoms with Crippen LogP contribution in [0.2, 0.25) is 0 Å². The fourth-order valence-electron chi connectivity index (χ4n) is 9.63. The molecule has 1 aliphatic carbocycles. The molecule has 11 rings (SSSR count). The predicted octanol–water partition coefficient (Wildman–Crippen LogP) is 15.0. The van der Waals surface area contributed by atoms with Gasteiger partial charge in [-0.25, -0.2) is 0 Å². The van der Waals surface area contributed by atoms with E-state index in [1.807, 2.05) is 6.07 Å². The summed E-state index contributed by atoms with van der Waals surface area (Å²) in [6.07, 6.45) is 0. The Morgan fingerprint density at radius 2 is 0.947 bits per heavy atom. The summed E-state index contributed by atoms with van der Waals surface area (Å²) >= 11 is 0. The third-order valence-corrected chi connectivity index (χ3v) is 12.6. The normalized spacial score (nSPS) is 14.7. The second-order valence-electron chi connectivity index (χ2n) is 16.6. The highest BCUT2D eigenvalue weighted by Crippen LogP contribution is 2.60. The molecule has 57 heavy (non-hydrogen) atoms. The number of nitrogens with zero attached hydrogens (tertiary/aromatic N) is 2. The minimum Gasteiger partial charge on any atom is -0.453 e. The van der Waals surface area contributed by atoms with E-state index < -0.39 is 0 Å². The fraction of sp³-hybridized carbons (Fsp3) is 0.111. The first-order valence-corrected chi connectivity index (χ1v) is 19.9. The molecule has 8 aromatic carbocycles. The summed E-state index contributed by atoms with van der Waals surface area (Å²) < 4.78 is 6.45. The third-order valence-electron chi connectivity index (χ3n) is 12.6. The lowest BCUT2D eigenvalue weighted by molar-refractivity contribution is 0.471. The number of rotatable bonds is 5. The fourth-order valence-corrected chi connectivity index (χ4v) is 9.63. The first kappa shape index (κ1) is 33.5. The molecule has 0 atom stereocenters. The molecular formula is C54H42N2O. The molecule has 0 aromatic heterocycles. The third kappa shape index (κ3) is 5.05. The van der Waals surface area contributed by atoms with Crippen molar-refractivity contribution in [3.8, 4) is 44.9 Å². The van der Waals surface area contributed by atoms with Gasteiger partial charge in [-0.3, -0.25) is 0 Å². The summed E-state index contributed by atoms with van der Waals surface area (Å²) in [5.41, 5.74) is 19.2. The zero-order chi connectivity index (χ0) is 38.5. The molecular weight excluding hydrogens is 693 g/mol. The van der Waals surface area contributed by atoms with Gasteiger partial charge in [-0.05, 0) is 122 Å². The van der Waals surface area contributed by atoms with Gasteiger partial charge in [-0.1, -0.05) is 143 Å². The quantitative estimate of drug-likeness (QED) is 0.175. The van der Waals surface area contributed by atoms with Crippen molar-refractivity contribution >= 4 is 34.1 Å². The van der Waals surface area contributed by atoms with E-state index in [-0.39, 0.29) is 10.8 Å². The second-order valence-corrected chi connectivity index (χ2v) is 16.6. The Bertz CT molecular complexity index is 2870. The van der Waals surface area contributed by atoms with E-state index in [0.29, 0.717) is 0 Å². The first-order chi connectivity index (χ1) is 27.8. The first-order valence-electron chi connectivity index (χ1n) is 19.9. The van der Waals surface area contributed by atoms with E-state index in [1.165, 1.54) is 61.3 Å². The molecule has 0 fully saturated rings. The van der Waals surface area contributed by atoms with Gasteiger partial charge in [0.2, 0.25) is 0 Å². The Kier molecular flexibility index (Phi) is 7.25. The summed E-state index contributed by atoms with van der Waals surface area (Å²) in [7, 11) is 0. The van der Waals surface area contributed by atoms with Crippen LogP contribution in [0.15, 0.2) is 182 Å². The molecule has 0 spiro atoms. The van der Waals surface area contributed by atoms with Crippen molar-refractivity contribution in [2.75, 3.05) is 9.80 Å². The van der Waals surface area contributed by atoms with Gasteiger partial charge in [-0.2, -0.15) is 0 Å². The van der Waals surface area contributed by atoms with Gasteiger partial charge in [0.15, 0.2) is 11.5 Å². The van der Waals surface area contributed by atoms with Crippen molar-refractivity contribution in [1.29, 1.82) is 0 Å². The van der Waals surface area contributed by atoms with Crippen LogP contribution in [-0.2, 0) is 10.8 Å². The van der Waals surface area contributed by atoms with Gasteiger partial charge in [0.25, 0.3) is 0 Å². The van der Waals surface area contributed by atoms with Crippen LogP contribution in [0.1, 0.15) is 49.9 Å². The maximum atomic E-state index is 6.45. The molecule has 3 heteroatoms. The Hall–Kier alpha value is -6.84. The lowest BCUT2D eigenvalue weighted by Crippen LogP contribution is -2.32. The molecule has 0 bridgehead atoms. The molecule has 0 amide bonds. The van der Waals surface area contributed by atoms with Gasteiger partial charge in [0.05, 0.1) is 17.1 Å². The Morgan fingerprint density at radius 3 is 1.72 bits per heavy atom. The lowest BCUT2D eigenvalue weighted by Gasteiger charge is -2.45. The van der Waals surface area contributed by atoms with Crippen LogP contribution in [0.4, 0.5) is 34.1 Å². The van der Waals surface area contributed by atoms with Crippen LogP contribution in [0, 0.1) is 0 Å². The van der Waals surface area contributed by atoms with E-state index in [4.69, 9.17) is 4.74 Å². The number of anilines is 6. The standard InChI is InChI=1S/C54H42N2O/c1-53(2)44-16-9-8-15-42(44)43-31-30-41(34-46(43)53)55(39-26-21-36(22-27-39)35-13-6-5-7-14-35)40-28-23-37(24-29-40)38-25-32-48-47(33-38)54(3,4)45-17-12-20-51-52(45)56(48)49-18-10-11-19-50(49)57-51/h5-34H,1-4H3. The molecule has 2 heterocycles. The maximum absolute atomic E-state index is 6.45. The minimum atomic E-state index is -0.230. The van der Waals surface area contributed by atoms with Crippen LogP contribution in [0.25, 0.3) is 33.4 Å². The second kappa shape index (κ2) is 12.3. The van der Waals surface area contributed by atoms with Crippen LogP contribution in [0.5, 0.6) is 11.5 Å². The van der Waals surface area contributed by atoms with E-state index in [1.54, 1.807) is 0 Å². The van der Waals surface area contributed by atoms with E-state index in [0.717, 1.165) is 39.9 Å². The van der Waals surface area contributed by atoms with E-state index in [9.17, 15) is 0 Å². The SMILES string of the molecule is CC1(C)c2ccccc2-c2ccc(N(c3ccc(-c4ccccc4)cc3)c3ccc(-c4ccc5c(c4)C(C)(C)c4cccc6c4N5c4ccccc4O6)cc3)cc21. The highest BCUT2D eigenvalue weighted by molar-refractivity contribution is 5.94. The average molecular weight is 735 g/mol. The van der Waals surface area contributed by atoms with Crippen molar-refractivity contribution in [3.63, 3.8) is 0 Å². The van der Waals surface area contributed by atoms with Gasteiger partial charge in [-0.15, -0.1) is 0 Å². The number of para-hydroxylation sites is 3. The zero-order valence-corrected chi connectivity index (χ0v) is 32.6. The molecule has 2 aliphatic heterocycles. The maximum Gasteiger partial charge on any atom is 0.151 e. The van der Waals surface area contributed by atoms with Gasteiger partial charge >= 0.3 is 0 Å². The largest absolute Gasteiger partial charge is 0.453 e. The zero-order valence-electron chi connectivity index (χ0n) is 32.6. The van der Waals surface area contributed by atoms with E-state index in [2.05, 4.69) is 213 Å². The average Bonchev–Trinajstić information content (AvgIpc) is 3.48. The number of benzene rings is 8. The Balaban J connectivity index is 1.00. The predicted molar refractivity (Wildman–Crippen MR) is 236 cm³/mol. The Labute approximate surface area is 335 Å². The molecule has 0 N–H and O–H groups in total. The Morgan fingerprint density at radius 1 is 0.386 bits per heavy atom. The number of hydrogen-bond donors (Lipinski definition) is 0. The topological polar surface area (TPSA) is 15.7 Å². The summed E-state index contributed by atoms with van der Waals surface area (Å²) in [4.78, 5) is 4.80. The lowest BCUT2D eigenvalue weighted by atomic mass is 9.72. The van der Waals surface area contributed by atoms with Crippen molar-refractivity contribution in [2.45, 2.75) is 38.5 Å². The summed E-state index contributed by atoms with van der Waals surface area (Å²) in [5, 5.41) is 0. The summed E-state index contributed by atoms with van der Waals surface area (Å²) in [6, 6.07) is 66.4. The van der Waals surface area contributed by atoms with Crippen molar-refractivity contribution in [1.82, 2.24) is 0 Å². The molecule has 0 saturated heterocycles. The van der Waals surface area contributed by atoms with Crippen molar-refractivity contribution < 1.29 is 4.74 Å². The highest BCUT2D eigenvalue weighted by Gasteiger charge is 2.41. The van der Waals surface area contributed by atoms with Gasteiger partial charge in [0.1, 0.15) is 0 Å². The van der Waals surface area contributed by atoms with E-state index >= 15 is 0 Å². The van der Waals surface area contributed by atoms with Crippen LogP contribution < -0.4 is 14.5 Å². The van der Waals surface area contributed by atoms with Gasteiger partial charge in [0, 0.05) is 27.9 Å². The van der Waals surface area contributed by atoms with Crippen LogP contribution in [0.3, 0.4) is 0 Å². The minimum absolute atomic E-state index is 0.0970. The highest BCUT2D eigenvalue weighted by atomic mass is 16.5. The summed E-state index contributed by atoms with van der Waals surface area (Å²) in [5.74, 6) is 1.78. The molecule has 3 nitrogen and oxygen atoms in total.